The van der Waals surface area contributed by atoms with Crippen molar-refractivity contribution in [3.05, 3.63) is 30.3 Å². The quantitative estimate of drug-likeness (QED) is 0.546. The predicted octanol–water partition coefficient (Wildman–Crippen LogP) is 3.62. The number of nitrogens with zero attached hydrogens (tertiary/aromatic N) is 1. The number of rotatable bonds is 10. The average Bonchev–Trinajstić information content (AvgIpc) is 2.71. The normalized spacial score (nSPS) is 17.5. The highest BCUT2D eigenvalue weighted by Gasteiger charge is 2.28. The molecule has 1 saturated carbocycles. The van der Waals surface area contributed by atoms with Gasteiger partial charge < -0.3 is 10.8 Å². The summed E-state index contributed by atoms with van der Waals surface area (Å²) < 4.78 is 0. The molecule has 1 aliphatic carbocycles. The fourth-order valence-corrected chi connectivity index (χ4v) is 3.96. The van der Waals surface area contributed by atoms with E-state index in [9.17, 15) is 9.90 Å². The lowest BCUT2D eigenvalue weighted by Gasteiger charge is -2.31. The van der Waals surface area contributed by atoms with Crippen molar-refractivity contribution < 1.29 is 9.90 Å². The van der Waals surface area contributed by atoms with E-state index in [-0.39, 0.29) is 0 Å². The summed E-state index contributed by atoms with van der Waals surface area (Å²) in [4.78, 5) is 12.7. The number of hydrogen-bond donors (Lipinski definition) is 3. The Bertz CT molecular complexity index is 542. The fourth-order valence-electron chi connectivity index (χ4n) is 3.96. The van der Waals surface area contributed by atoms with E-state index < -0.39 is 18.1 Å². The van der Waals surface area contributed by atoms with Crippen LogP contribution >= 0.6 is 0 Å². The minimum Gasteiger partial charge on any atom is -0.382 e. The first-order chi connectivity index (χ1) is 13.0. The second kappa shape index (κ2) is 11.3. The van der Waals surface area contributed by atoms with Gasteiger partial charge in [-0.1, -0.05) is 77.0 Å². The van der Waals surface area contributed by atoms with Crippen molar-refractivity contribution in [2.45, 2.75) is 77.4 Å². The van der Waals surface area contributed by atoms with Crippen molar-refractivity contribution in [1.82, 2.24) is 5.43 Å². The number of amides is 1. The van der Waals surface area contributed by atoms with Gasteiger partial charge in [-0.15, -0.1) is 0 Å². The molecule has 2 atom stereocenters. The van der Waals surface area contributed by atoms with Gasteiger partial charge in [0, 0.05) is 12.6 Å². The Balaban J connectivity index is 1.98. The van der Waals surface area contributed by atoms with E-state index in [2.05, 4.69) is 19.3 Å². The number of aliphatic hydroxyl groups excluding tert-OH is 1. The molecular formula is C22H37N3O2. The van der Waals surface area contributed by atoms with Crippen molar-refractivity contribution in [2.75, 3.05) is 11.6 Å². The van der Waals surface area contributed by atoms with Gasteiger partial charge in [-0.25, -0.2) is 0 Å². The Morgan fingerprint density at radius 2 is 1.81 bits per heavy atom. The molecular weight excluding hydrogens is 338 g/mol. The highest BCUT2D eigenvalue weighted by atomic mass is 16.3. The second-order valence-electron chi connectivity index (χ2n) is 7.95. The molecule has 1 aromatic rings. The number of carbonyl (C=O) groups is 1. The van der Waals surface area contributed by atoms with Gasteiger partial charge >= 0.3 is 0 Å². The van der Waals surface area contributed by atoms with Crippen LogP contribution in [0.25, 0.3) is 0 Å². The van der Waals surface area contributed by atoms with E-state index in [0.29, 0.717) is 24.8 Å². The lowest BCUT2D eigenvalue weighted by atomic mass is 9.84. The molecule has 0 heterocycles. The highest BCUT2D eigenvalue weighted by molar-refractivity contribution is 5.82. The summed E-state index contributed by atoms with van der Waals surface area (Å²) in [5.74, 6) is 0.595. The van der Waals surface area contributed by atoms with Gasteiger partial charge in [0.25, 0.3) is 5.91 Å². The molecule has 1 aliphatic rings. The van der Waals surface area contributed by atoms with Crippen LogP contribution in [0, 0.1) is 11.8 Å². The van der Waals surface area contributed by atoms with E-state index >= 15 is 0 Å². The molecule has 1 amide bonds. The number of carbonyl (C=O) groups excluding carboxylic acids is 1. The summed E-state index contributed by atoms with van der Waals surface area (Å²) >= 11 is 0. The van der Waals surface area contributed by atoms with Crippen LogP contribution in [-0.4, -0.2) is 29.7 Å². The van der Waals surface area contributed by atoms with Gasteiger partial charge in [-0.2, -0.15) is 0 Å². The molecule has 4 N–H and O–H groups in total. The molecule has 5 nitrogen and oxygen atoms in total. The maximum absolute atomic E-state index is 12.7. The number of benzene rings is 1. The first-order valence-corrected chi connectivity index (χ1v) is 10.6. The summed E-state index contributed by atoms with van der Waals surface area (Å²) in [6.45, 7) is 5.04. The number of anilines is 1. The summed E-state index contributed by atoms with van der Waals surface area (Å²) in [7, 11) is 0. The number of para-hydroxylation sites is 1. The van der Waals surface area contributed by atoms with Crippen molar-refractivity contribution in [2.24, 2.45) is 17.6 Å². The van der Waals surface area contributed by atoms with Crippen molar-refractivity contribution >= 4 is 11.6 Å². The van der Waals surface area contributed by atoms with Gasteiger partial charge in [0.1, 0.15) is 6.10 Å². The van der Waals surface area contributed by atoms with E-state index in [1.807, 2.05) is 35.3 Å². The standard InChI is InChI=1S/C22H37N3O2/c1-3-17(4-2)16-25(19-13-9-6-10-14-19)24-22(27)21(26)20(23)15-18-11-7-5-8-12-18/h6,9-10,13-14,17-18,20-21,26H,3-5,7-8,11-12,15-16,23H2,1-2H3,(H,24,27)/t20-,21?/m1/s1. The zero-order valence-corrected chi connectivity index (χ0v) is 16.9. The third-order valence-electron chi connectivity index (χ3n) is 5.91. The molecule has 152 valence electrons. The fraction of sp³-hybridized carbons (Fsp3) is 0.682. The Labute approximate surface area is 164 Å². The number of hydrogen-bond acceptors (Lipinski definition) is 4. The van der Waals surface area contributed by atoms with E-state index in [4.69, 9.17) is 5.73 Å². The molecule has 0 aliphatic heterocycles. The van der Waals surface area contributed by atoms with E-state index in [1.54, 1.807) is 0 Å². The van der Waals surface area contributed by atoms with Crippen LogP contribution in [0.3, 0.4) is 0 Å². The average molecular weight is 376 g/mol. The molecule has 0 radical (unpaired) electrons. The SMILES string of the molecule is CCC(CC)CN(NC(=O)C(O)[C@H](N)CC1CCCCC1)c1ccccc1. The molecule has 1 unspecified atom stereocenters. The third kappa shape index (κ3) is 6.82. The Morgan fingerprint density at radius 3 is 2.41 bits per heavy atom. The first-order valence-electron chi connectivity index (χ1n) is 10.6. The van der Waals surface area contributed by atoms with Crippen LogP contribution in [-0.2, 0) is 4.79 Å². The molecule has 2 rings (SSSR count). The van der Waals surface area contributed by atoms with Crippen LogP contribution in [0.15, 0.2) is 30.3 Å². The maximum Gasteiger partial charge on any atom is 0.268 e. The molecule has 0 spiro atoms. The summed E-state index contributed by atoms with van der Waals surface area (Å²) in [6.07, 6.45) is 7.69. The smallest absolute Gasteiger partial charge is 0.268 e. The first kappa shape index (κ1) is 21.7. The van der Waals surface area contributed by atoms with Crippen LogP contribution in [0.2, 0.25) is 0 Å². The molecule has 0 aromatic heterocycles. The van der Waals surface area contributed by atoms with Crippen molar-refractivity contribution in [3.63, 3.8) is 0 Å². The van der Waals surface area contributed by atoms with Crippen molar-refractivity contribution in [1.29, 1.82) is 0 Å². The number of hydrazine groups is 1. The zero-order chi connectivity index (χ0) is 19.6. The van der Waals surface area contributed by atoms with Gasteiger partial charge in [0.2, 0.25) is 0 Å². The molecule has 27 heavy (non-hydrogen) atoms. The zero-order valence-electron chi connectivity index (χ0n) is 16.9. The highest BCUT2D eigenvalue weighted by Crippen LogP contribution is 2.27. The molecule has 1 aromatic carbocycles. The lowest BCUT2D eigenvalue weighted by molar-refractivity contribution is -0.130. The summed E-state index contributed by atoms with van der Waals surface area (Å²) in [5, 5.41) is 12.4. The van der Waals surface area contributed by atoms with Crippen molar-refractivity contribution in [3.8, 4) is 0 Å². The molecule has 1 fully saturated rings. The monoisotopic (exact) mass is 375 g/mol. The number of nitrogens with one attached hydrogen (secondary N) is 1. The van der Waals surface area contributed by atoms with Gasteiger partial charge in [-0.3, -0.25) is 15.2 Å². The van der Waals surface area contributed by atoms with E-state index in [0.717, 1.165) is 31.4 Å². The van der Waals surface area contributed by atoms with Gasteiger partial charge in [-0.05, 0) is 30.4 Å². The number of aliphatic hydroxyl groups is 1. The minimum atomic E-state index is -1.18. The second-order valence-corrected chi connectivity index (χ2v) is 7.95. The Morgan fingerprint density at radius 1 is 1.19 bits per heavy atom. The van der Waals surface area contributed by atoms with Crippen LogP contribution < -0.4 is 16.2 Å². The minimum absolute atomic E-state index is 0.409. The Kier molecular flexibility index (Phi) is 9.08. The van der Waals surface area contributed by atoms with Crippen LogP contribution in [0.1, 0.15) is 65.2 Å². The van der Waals surface area contributed by atoms with Gasteiger partial charge in [0.05, 0.1) is 5.69 Å². The topological polar surface area (TPSA) is 78.6 Å². The Hall–Kier alpha value is -1.59. The summed E-state index contributed by atoms with van der Waals surface area (Å²) in [5.41, 5.74) is 10.0. The molecule has 0 saturated heterocycles. The summed E-state index contributed by atoms with van der Waals surface area (Å²) in [6, 6.07) is 9.28. The lowest BCUT2D eigenvalue weighted by Crippen LogP contribution is -2.53. The molecule has 5 heteroatoms. The van der Waals surface area contributed by atoms with Crippen LogP contribution in [0.5, 0.6) is 0 Å². The number of nitrogens with two attached hydrogens (primary N) is 1. The largest absolute Gasteiger partial charge is 0.382 e. The maximum atomic E-state index is 12.7. The van der Waals surface area contributed by atoms with Gasteiger partial charge in [0.15, 0.2) is 0 Å². The predicted molar refractivity (Wildman–Crippen MR) is 111 cm³/mol. The third-order valence-corrected chi connectivity index (χ3v) is 5.91. The van der Waals surface area contributed by atoms with E-state index in [1.165, 1.54) is 19.3 Å². The molecule has 0 bridgehead atoms. The van der Waals surface area contributed by atoms with Crippen LogP contribution in [0.4, 0.5) is 5.69 Å².